The van der Waals surface area contributed by atoms with Crippen molar-refractivity contribution in [3.05, 3.63) is 41.7 Å². The largest absolute Gasteiger partial charge is 0.281 e. The second kappa shape index (κ2) is 5.05. The van der Waals surface area contributed by atoms with Crippen LogP contribution in [0.3, 0.4) is 0 Å². The van der Waals surface area contributed by atoms with Gasteiger partial charge in [0.2, 0.25) is 0 Å². The lowest BCUT2D eigenvalue weighted by Crippen LogP contribution is -2.30. The molecule has 1 aromatic carbocycles. The molecule has 0 aliphatic carbocycles. The van der Waals surface area contributed by atoms with Gasteiger partial charge < -0.3 is 0 Å². The Kier molecular flexibility index (Phi) is 3.61. The minimum absolute atomic E-state index is 0.218. The highest BCUT2D eigenvalue weighted by atomic mass is 32.2. The molecular formula is C13H17N3O2S. The molecule has 0 bridgehead atoms. The summed E-state index contributed by atoms with van der Waals surface area (Å²) >= 11 is 0. The molecule has 5 nitrogen and oxygen atoms in total. The molecule has 1 N–H and O–H groups in total. The summed E-state index contributed by atoms with van der Waals surface area (Å²) in [5.74, 6) is 0. The van der Waals surface area contributed by atoms with E-state index in [-0.39, 0.29) is 4.90 Å². The third-order valence-electron chi connectivity index (χ3n) is 2.96. The molecule has 2 aromatic rings. The molecule has 0 saturated carbocycles. The van der Waals surface area contributed by atoms with E-state index >= 15 is 0 Å². The second-order valence-electron chi connectivity index (χ2n) is 4.36. The van der Waals surface area contributed by atoms with Crippen molar-refractivity contribution in [3.63, 3.8) is 0 Å². The molecule has 102 valence electrons. The van der Waals surface area contributed by atoms with Crippen molar-refractivity contribution >= 4 is 15.7 Å². The third kappa shape index (κ3) is 2.49. The van der Waals surface area contributed by atoms with Crippen LogP contribution in [0.15, 0.2) is 35.4 Å². The lowest BCUT2D eigenvalue weighted by atomic mass is 10.2. The molecule has 1 aromatic heterocycles. The fourth-order valence-electron chi connectivity index (χ4n) is 1.92. The number of aromatic amines is 1. The van der Waals surface area contributed by atoms with E-state index in [9.17, 15) is 8.42 Å². The first-order chi connectivity index (χ1) is 8.96. The zero-order chi connectivity index (χ0) is 14.0. The fourth-order valence-corrected chi connectivity index (χ4v) is 3.52. The molecule has 0 aliphatic rings. The molecule has 1 heterocycles. The topological polar surface area (TPSA) is 66.1 Å². The van der Waals surface area contributed by atoms with Gasteiger partial charge in [0, 0.05) is 6.54 Å². The van der Waals surface area contributed by atoms with E-state index in [1.54, 1.807) is 6.92 Å². The van der Waals surface area contributed by atoms with Crippen LogP contribution in [-0.4, -0.2) is 25.2 Å². The summed E-state index contributed by atoms with van der Waals surface area (Å²) in [7, 11) is -3.56. The Labute approximate surface area is 113 Å². The molecular weight excluding hydrogens is 262 g/mol. The Hall–Kier alpha value is -1.82. The van der Waals surface area contributed by atoms with Gasteiger partial charge in [0.15, 0.2) is 0 Å². The number of hydrogen-bond donors (Lipinski definition) is 1. The number of sulfonamides is 1. The first-order valence-corrected chi connectivity index (χ1v) is 7.50. The van der Waals surface area contributed by atoms with Gasteiger partial charge in [-0.3, -0.25) is 9.40 Å². The van der Waals surface area contributed by atoms with Crippen molar-refractivity contribution < 1.29 is 8.42 Å². The molecule has 0 radical (unpaired) electrons. The van der Waals surface area contributed by atoms with Gasteiger partial charge in [-0.15, -0.1) is 0 Å². The lowest BCUT2D eigenvalue weighted by Gasteiger charge is -2.22. The lowest BCUT2D eigenvalue weighted by molar-refractivity contribution is 0.591. The molecule has 0 atom stereocenters. The summed E-state index contributed by atoms with van der Waals surface area (Å²) in [5.41, 5.74) is 2.30. The normalized spacial score (nSPS) is 11.5. The second-order valence-corrected chi connectivity index (χ2v) is 6.20. The van der Waals surface area contributed by atoms with Gasteiger partial charge in [-0.05, 0) is 32.9 Å². The maximum Gasteiger partial charge on any atom is 0.267 e. The van der Waals surface area contributed by atoms with Crippen molar-refractivity contribution in [2.75, 3.05) is 10.8 Å². The van der Waals surface area contributed by atoms with Crippen LogP contribution in [0.1, 0.15) is 18.2 Å². The van der Waals surface area contributed by atoms with E-state index in [2.05, 4.69) is 10.2 Å². The van der Waals surface area contributed by atoms with E-state index in [1.807, 2.05) is 38.1 Å². The molecule has 19 heavy (non-hydrogen) atoms. The van der Waals surface area contributed by atoms with Gasteiger partial charge in [0.1, 0.15) is 4.90 Å². The van der Waals surface area contributed by atoms with Crippen LogP contribution in [0.25, 0.3) is 0 Å². The van der Waals surface area contributed by atoms with Gasteiger partial charge in [-0.1, -0.05) is 17.7 Å². The van der Waals surface area contributed by atoms with Gasteiger partial charge in [-0.25, -0.2) is 8.42 Å². The van der Waals surface area contributed by atoms with Crippen LogP contribution in [0.2, 0.25) is 0 Å². The third-order valence-corrected chi connectivity index (χ3v) is 4.98. The van der Waals surface area contributed by atoms with Crippen molar-refractivity contribution in [2.24, 2.45) is 0 Å². The zero-order valence-electron chi connectivity index (χ0n) is 11.2. The Morgan fingerprint density at radius 3 is 2.32 bits per heavy atom. The fraction of sp³-hybridized carbons (Fsp3) is 0.308. The number of H-pyrrole nitrogens is 1. The Morgan fingerprint density at radius 1 is 1.21 bits per heavy atom. The quantitative estimate of drug-likeness (QED) is 0.933. The standard InChI is InChI=1S/C13H17N3O2S/c1-4-16(12-7-5-10(2)6-8-12)19(17,18)13-9-14-15-11(13)3/h5-9H,4H2,1-3H3,(H,14,15). The zero-order valence-corrected chi connectivity index (χ0v) is 12.0. The molecule has 6 heteroatoms. The van der Waals surface area contributed by atoms with Gasteiger partial charge in [-0.2, -0.15) is 5.10 Å². The number of rotatable bonds is 4. The first-order valence-electron chi connectivity index (χ1n) is 6.06. The summed E-state index contributed by atoms with van der Waals surface area (Å²) in [6.45, 7) is 5.85. The number of nitrogens with one attached hydrogen (secondary N) is 1. The van der Waals surface area contributed by atoms with Crippen molar-refractivity contribution in [1.29, 1.82) is 0 Å². The smallest absolute Gasteiger partial charge is 0.267 e. The van der Waals surface area contributed by atoms with Crippen LogP contribution in [-0.2, 0) is 10.0 Å². The van der Waals surface area contributed by atoms with Crippen LogP contribution in [0.4, 0.5) is 5.69 Å². The highest BCUT2D eigenvalue weighted by molar-refractivity contribution is 7.92. The van der Waals surface area contributed by atoms with E-state index in [4.69, 9.17) is 0 Å². The molecule has 0 saturated heterocycles. The SMILES string of the molecule is CCN(c1ccc(C)cc1)S(=O)(=O)c1cn[nH]c1C. The molecule has 0 fully saturated rings. The molecule has 0 unspecified atom stereocenters. The van der Waals surface area contributed by atoms with E-state index in [1.165, 1.54) is 10.5 Å². The predicted octanol–water partition coefficient (Wildman–Crippen LogP) is 2.24. The number of hydrogen-bond acceptors (Lipinski definition) is 3. The average Bonchev–Trinajstić information content (AvgIpc) is 2.79. The summed E-state index contributed by atoms with van der Waals surface area (Å²) in [4.78, 5) is 0.218. The van der Waals surface area contributed by atoms with Crippen LogP contribution in [0.5, 0.6) is 0 Å². The summed E-state index contributed by atoms with van der Waals surface area (Å²) in [6.07, 6.45) is 1.35. The summed E-state index contributed by atoms with van der Waals surface area (Å²) in [5, 5.41) is 6.44. The first kappa shape index (κ1) is 13.6. The summed E-state index contributed by atoms with van der Waals surface area (Å²) in [6, 6.07) is 7.42. The molecule has 0 spiro atoms. The van der Waals surface area contributed by atoms with Crippen molar-refractivity contribution in [3.8, 4) is 0 Å². The Morgan fingerprint density at radius 2 is 1.84 bits per heavy atom. The van der Waals surface area contributed by atoms with Crippen LogP contribution >= 0.6 is 0 Å². The number of aryl methyl sites for hydroxylation is 2. The highest BCUT2D eigenvalue weighted by Gasteiger charge is 2.26. The number of aromatic nitrogens is 2. The highest BCUT2D eigenvalue weighted by Crippen LogP contribution is 2.24. The molecule has 2 rings (SSSR count). The minimum atomic E-state index is -3.56. The van der Waals surface area contributed by atoms with Gasteiger partial charge >= 0.3 is 0 Å². The summed E-state index contributed by atoms with van der Waals surface area (Å²) < 4.78 is 26.6. The molecule has 0 amide bonds. The van der Waals surface area contributed by atoms with Crippen LogP contribution in [0, 0.1) is 13.8 Å². The van der Waals surface area contributed by atoms with Crippen molar-refractivity contribution in [2.45, 2.75) is 25.7 Å². The van der Waals surface area contributed by atoms with E-state index in [0.717, 1.165) is 5.56 Å². The van der Waals surface area contributed by atoms with Crippen LogP contribution < -0.4 is 4.31 Å². The number of anilines is 1. The maximum atomic E-state index is 12.6. The van der Waals surface area contributed by atoms with Gasteiger partial charge in [0.05, 0.1) is 17.6 Å². The van der Waals surface area contributed by atoms with E-state index < -0.39 is 10.0 Å². The van der Waals surface area contributed by atoms with E-state index in [0.29, 0.717) is 17.9 Å². The van der Waals surface area contributed by atoms with Gasteiger partial charge in [0.25, 0.3) is 10.0 Å². The van der Waals surface area contributed by atoms with Crippen molar-refractivity contribution in [1.82, 2.24) is 10.2 Å². The molecule has 0 aliphatic heterocycles. The average molecular weight is 279 g/mol. The predicted molar refractivity (Wildman–Crippen MR) is 74.7 cm³/mol. The Balaban J connectivity index is 2.48. The monoisotopic (exact) mass is 279 g/mol. The maximum absolute atomic E-state index is 12.6. The minimum Gasteiger partial charge on any atom is -0.281 e. The Bertz CT molecular complexity index is 659. The number of benzene rings is 1. The number of nitrogens with zero attached hydrogens (tertiary/aromatic N) is 2.